The zero-order valence-electron chi connectivity index (χ0n) is 14.4. The molecule has 0 saturated carbocycles. The minimum absolute atomic E-state index is 0. The fraction of sp³-hybridized carbons (Fsp3) is 0.368. The highest BCUT2D eigenvalue weighted by Crippen LogP contribution is 2.15. The van der Waals surface area contributed by atoms with Crippen molar-refractivity contribution in [1.82, 2.24) is 10.6 Å². The predicted molar refractivity (Wildman–Crippen MR) is 93.5 cm³/mol. The second-order valence-electron chi connectivity index (χ2n) is 5.65. The standard InChI is InChI=1S/C19H26N2O2.2ClH/c1-16(22)13-20-10-11-21-14-18-8-5-9-19(12-18)23-15-17-6-3-2-4-7-17;;/h2-9,12,16,20-22H,10-11,13-15H2,1H3;2*1H/p-2. The Kier molecular flexibility index (Phi) is 13.2. The van der Waals surface area contributed by atoms with Gasteiger partial charge in [-0.2, -0.15) is 0 Å². The molecule has 2 aromatic carbocycles. The summed E-state index contributed by atoms with van der Waals surface area (Å²) in [5.41, 5.74) is 2.37. The highest BCUT2D eigenvalue weighted by Gasteiger charge is 1.99. The molecule has 2 rings (SSSR count). The molecule has 0 bridgehead atoms. The fourth-order valence-corrected chi connectivity index (χ4v) is 2.21. The molecule has 0 aliphatic rings. The number of ether oxygens (including phenoxy) is 1. The van der Waals surface area contributed by atoms with E-state index < -0.39 is 0 Å². The third-order valence-corrected chi connectivity index (χ3v) is 3.39. The summed E-state index contributed by atoms with van der Waals surface area (Å²) in [5.74, 6) is 0.889. The zero-order chi connectivity index (χ0) is 16.3. The Balaban J connectivity index is 0.00000288. The lowest BCUT2D eigenvalue weighted by Gasteiger charge is -2.10. The molecule has 0 spiro atoms. The normalized spacial score (nSPS) is 11.1. The van der Waals surface area contributed by atoms with E-state index in [1.54, 1.807) is 6.92 Å². The lowest BCUT2D eigenvalue weighted by molar-refractivity contribution is -0.001000. The molecular formula is C19H26Cl2N2O2-2. The van der Waals surface area contributed by atoms with E-state index in [2.05, 4.69) is 34.9 Å². The maximum absolute atomic E-state index is 9.15. The molecular weight excluding hydrogens is 359 g/mol. The number of halogens is 2. The van der Waals surface area contributed by atoms with Crippen molar-refractivity contribution < 1.29 is 34.7 Å². The monoisotopic (exact) mass is 384 g/mol. The molecule has 0 saturated heterocycles. The molecule has 6 heteroatoms. The average molecular weight is 385 g/mol. The van der Waals surface area contributed by atoms with E-state index in [-0.39, 0.29) is 30.9 Å². The van der Waals surface area contributed by atoms with Gasteiger partial charge in [-0.1, -0.05) is 42.5 Å². The second kappa shape index (κ2) is 13.9. The van der Waals surface area contributed by atoms with Gasteiger partial charge in [-0.3, -0.25) is 0 Å². The molecule has 0 heterocycles. The average Bonchev–Trinajstić information content (AvgIpc) is 2.57. The van der Waals surface area contributed by atoms with Crippen LogP contribution in [0.25, 0.3) is 0 Å². The predicted octanol–water partition coefficient (Wildman–Crippen LogP) is -3.67. The third-order valence-electron chi connectivity index (χ3n) is 3.39. The summed E-state index contributed by atoms with van der Waals surface area (Å²) in [6.07, 6.45) is -0.298. The summed E-state index contributed by atoms with van der Waals surface area (Å²) in [5, 5.41) is 15.7. The van der Waals surface area contributed by atoms with Crippen LogP contribution in [0, 0.1) is 0 Å². The van der Waals surface area contributed by atoms with Crippen LogP contribution in [-0.4, -0.2) is 30.8 Å². The summed E-state index contributed by atoms with van der Waals surface area (Å²) in [6.45, 7) is 5.50. The second-order valence-corrected chi connectivity index (χ2v) is 5.65. The molecule has 1 unspecified atom stereocenters. The molecule has 25 heavy (non-hydrogen) atoms. The molecule has 2 aromatic rings. The summed E-state index contributed by atoms with van der Waals surface area (Å²) in [4.78, 5) is 0. The van der Waals surface area contributed by atoms with E-state index in [4.69, 9.17) is 9.84 Å². The van der Waals surface area contributed by atoms with Crippen molar-refractivity contribution in [3.05, 3.63) is 65.7 Å². The number of aliphatic hydroxyl groups excluding tert-OH is 1. The largest absolute Gasteiger partial charge is 1.00 e. The van der Waals surface area contributed by atoms with Gasteiger partial charge < -0.3 is 45.3 Å². The van der Waals surface area contributed by atoms with E-state index in [1.807, 2.05) is 30.3 Å². The van der Waals surface area contributed by atoms with Gasteiger partial charge in [0.15, 0.2) is 0 Å². The van der Waals surface area contributed by atoms with Crippen LogP contribution in [0.5, 0.6) is 5.75 Å². The minimum atomic E-state index is -0.298. The quantitative estimate of drug-likeness (QED) is 0.369. The Hall–Kier alpha value is -1.30. The highest BCUT2D eigenvalue weighted by atomic mass is 35.5. The van der Waals surface area contributed by atoms with Crippen LogP contribution < -0.4 is 40.2 Å². The minimum Gasteiger partial charge on any atom is -1.00 e. The van der Waals surface area contributed by atoms with Gasteiger partial charge in [-0.05, 0) is 30.2 Å². The SMILES string of the molecule is CC(O)CNCCNCc1cccc(OCc2ccccc2)c1.[Cl-].[Cl-]. The van der Waals surface area contributed by atoms with Crippen LogP contribution in [0.4, 0.5) is 0 Å². The van der Waals surface area contributed by atoms with Crippen molar-refractivity contribution in [3.63, 3.8) is 0 Å². The summed E-state index contributed by atoms with van der Waals surface area (Å²) >= 11 is 0. The molecule has 0 aliphatic carbocycles. The van der Waals surface area contributed by atoms with E-state index in [1.165, 1.54) is 11.1 Å². The third kappa shape index (κ3) is 10.3. The van der Waals surface area contributed by atoms with Crippen molar-refractivity contribution in [2.75, 3.05) is 19.6 Å². The lowest BCUT2D eigenvalue weighted by atomic mass is 10.2. The van der Waals surface area contributed by atoms with Crippen molar-refractivity contribution in [1.29, 1.82) is 0 Å². The van der Waals surface area contributed by atoms with Gasteiger partial charge in [-0.25, -0.2) is 0 Å². The van der Waals surface area contributed by atoms with Crippen LogP contribution in [0.15, 0.2) is 54.6 Å². The first-order valence-electron chi connectivity index (χ1n) is 8.09. The summed E-state index contributed by atoms with van der Waals surface area (Å²) in [6, 6.07) is 18.3. The Morgan fingerprint density at radius 1 is 0.920 bits per heavy atom. The van der Waals surface area contributed by atoms with Crippen LogP contribution in [0.1, 0.15) is 18.1 Å². The maximum atomic E-state index is 9.15. The Morgan fingerprint density at radius 3 is 2.32 bits per heavy atom. The van der Waals surface area contributed by atoms with E-state index >= 15 is 0 Å². The van der Waals surface area contributed by atoms with Gasteiger partial charge in [0.25, 0.3) is 0 Å². The Bertz CT molecular complexity index is 568. The molecule has 0 radical (unpaired) electrons. The van der Waals surface area contributed by atoms with Crippen LogP contribution in [0.2, 0.25) is 0 Å². The van der Waals surface area contributed by atoms with Gasteiger partial charge in [0.1, 0.15) is 12.4 Å². The molecule has 4 nitrogen and oxygen atoms in total. The van der Waals surface area contributed by atoms with Crippen molar-refractivity contribution in [2.45, 2.75) is 26.2 Å². The molecule has 140 valence electrons. The number of aliphatic hydroxyl groups is 1. The van der Waals surface area contributed by atoms with Gasteiger partial charge in [0.05, 0.1) is 6.10 Å². The van der Waals surface area contributed by atoms with Gasteiger partial charge in [0, 0.05) is 26.2 Å². The number of nitrogens with one attached hydrogen (secondary N) is 2. The first kappa shape index (κ1) is 23.7. The molecule has 0 aromatic heterocycles. The van der Waals surface area contributed by atoms with E-state index in [9.17, 15) is 0 Å². The number of hydrogen-bond acceptors (Lipinski definition) is 4. The van der Waals surface area contributed by atoms with Crippen molar-refractivity contribution in [2.24, 2.45) is 0 Å². The number of hydrogen-bond donors (Lipinski definition) is 3. The van der Waals surface area contributed by atoms with Crippen molar-refractivity contribution in [3.8, 4) is 5.75 Å². The van der Waals surface area contributed by atoms with Gasteiger partial charge >= 0.3 is 0 Å². The molecule has 0 fully saturated rings. The van der Waals surface area contributed by atoms with Gasteiger partial charge in [-0.15, -0.1) is 0 Å². The Labute approximate surface area is 162 Å². The zero-order valence-corrected chi connectivity index (χ0v) is 15.9. The first-order chi connectivity index (χ1) is 11.2. The van der Waals surface area contributed by atoms with Crippen LogP contribution >= 0.6 is 0 Å². The smallest absolute Gasteiger partial charge is 0.120 e. The van der Waals surface area contributed by atoms with E-state index in [0.29, 0.717) is 13.2 Å². The van der Waals surface area contributed by atoms with Crippen molar-refractivity contribution >= 4 is 0 Å². The highest BCUT2D eigenvalue weighted by molar-refractivity contribution is 5.29. The van der Waals surface area contributed by atoms with Crippen LogP contribution in [0.3, 0.4) is 0 Å². The maximum Gasteiger partial charge on any atom is 0.120 e. The topological polar surface area (TPSA) is 53.5 Å². The number of benzene rings is 2. The fourth-order valence-electron chi connectivity index (χ4n) is 2.21. The first-order valence-corrected chi connectivity index (χ1v) is 8.09. The van der Waals surface area contributed by atoms with E-state index in [0.717, 1.165) is 25.4 Å². The molecule has 0 amide bonds. The molecule has 0 aliphatic heterocycles. The Morgan fingerprint density at radius 2 is 1.60 bits per heavy atom. The van der Waals surface area contributed by atoms with Gasteiger partial charge in [0.2, 0.25) is 0 Å². The lowest BCUT2D eigenvalue weighted by Crippen LogP contribution is -3.00. The summed E-state index contributed by atoms with van der Waals surface area (Å²) < 4.78 is 5.84. The summed E-state index contributed by atoms with van der Waals surface area (Å²) in [7, 11) is 0. The molecule has 3 N–H and O–H groups in total. The van der Waals surface area contributed by atoms with Crippen LogP contribution in [-0.2, 0) is 13.2 Å². The number of rotatable bonds is 10. The molecule has 1 atom stereocenters.